The maximum Gasteiger partial charge on any atom is 0.156 e. The number of aromatic nitrogens is 2. The van der Waals surface area contributed by atoms with Crippen molar-refractivity contribution in [2.24, 2.45) is 0 Å². The van der Waals surface area contributed by atoms with Crippen LogP contribution in [0.4, 0.5) is 0 Å². The Hall–Kier alpha value is -1.38. The summed E-state index contributed by atoms with van der Waals surface area (Å²) in [5, 5.41) is 11.6. The van der Waals surface area contributed by atoms with Crippen molar-refractivity contribution < 1.29 is 0 Å². The first-order valence-corrected chi connectivity index (χ1v) is 5.94. The molecule has 2 heterocycles. The lowest BCUT2D eigenvalue weighted by Crippen LogP contribution is -1.89. The maximum atomic E-state index is 8.92. The van der Waals surface area contributed by atoms with E-state index in [2.05, 4.69) is 16.0 Å². The standard InChI is InChI=1S/C10H7N3S2/c1-7-2-3-8(6-11)9(13-7)15-10-12-4-5-14-10/h2-5H,1H3. The minimum Gasteiger partial charge on any atom is -0.245 e. The summed E-state index contributed by atoms with van der Waals surface area (Å²) in [5.41, 5.74) is 1.51. The van der Waals surface area contributed by atoms with E-state index < -0.39 is 0 Å². The first kappa shape index (κ1) is 10.1. The molecule has 0 unspecified atom stereocenters. The molecular formula is C10H7N3S2. The average molecular weight is 233 g/mol. The molecule has 15 heavy (non-hydrogen) atoms. The molecule has 2 rings (SSSR count). The highest BCUT2D eigenvalue weighted by molar-refractivity contribution is 8.01. The summed E-state index contributed by atoms with van der Waals surface area (Å²) in [6.45, 7) is 1.91. The number of thiazole rings is 1. The van der Waals surface area contributed by atoms with E-state index in [4.69, 9.17) is 5.26 Å². The zero-order valence-electron chi connectivity index (χ0n) is 7.97. The second-order valence-electron chi connectivity index (χ2n) is 2.82. The van der Waals surface area contributed by atoms with Gasteiger partial charge in [0.05, 0.1) is 5.56 Å². The van der Waals surface area contributed by atoms with Crippen LogP contribution in [0.25, 0.3) is 0 Å². The Kier molecular flexibility index (Phi) is 2.99. The van der Waals surface area contributed by atoms with Crippen LogP contribution in [0.2, 0.25) is 0 Å². The van der Waals surface area contributed by atoms with E-state index in [0.717, 1.165) is 15.1 Å². The van der Waals surface area contributed by atoms with Gasteiger partial charge in [-0.2, -0.15) is 5.26 Å². The summed E-state index contributed by atoms with van der Waals surface area (Å²) >= 11 is 2.98. The van der Waals surface area contributed by atoms with Crippen molar-refractivity contribution in [3.8, 4) is 6.07 Å². The van der Waals surface area contributed by atoms with E-state index in [-0.39, 0.29) is 0 Å². The Labute approximate surface area is 95.8 Å². The van der Waals surface area contributed by atoms with Gasteiger partial charge in [-0.15, -0.1) is 11.3 Å². The van der Waals surface area contributed by atoms with E-state index in [1.165, 1.54) is 11.8 Å². The second kappa shape index (κ2) is 4.43. The third-order valence-corrected chi connectivity index (χ3v) is 3.60. The monoisotopic (exact) mass is 233 g/mol. The Balaban J connectivity index is 2.35. The molecule has 3 nitrogen and oxygen atoms in total. The molecular weight excluding hydrogens is 226 g/mol. The quantitative estimate of drug-likeness (QED) is 0.800. The molecule has 0 atom stereocenters. The van der Waals surface area contributed by atoms with Gasteiger partial charge in [-0.3, -0.25) is 0 Å². The smallest absolute Gasteiger partial charge is 0.156 e. The van der Waals surface area contributed by atoms with Crippen LogP contribution in [-0.2, 0) is 0 Å². The zero-order valence-corrected chi connectivity index (χ0v) is 9.60. The van der Waals surface area contributed by atoms with Crippen molar-refractivity contribution in [3.63, 3.8) is 0 Å². The van der Waals surface area contributed by atoms with Crippen molar-refractivity contribution in [1.82, 2.24) is 9.97 Å². The van der Waals surface area contributed by atoms with Gasteiger partial charge >= 0.3 is 0 Å². The lowest BCUT2D eigenvalue weighted by molar-refractivity contribution is 1.04. The van der Waals surface area contributed by atoms with Gasteiger partial charge in [-0.05, 0) is 30.8 Å². The van der Waals surface area contributed by atoms with Crippen LogP contribution in [0.1, 0.15) is 11.3 Å². The first-order chi connectivity index (χ1) is 7.29. The normalized spacial score (nSPS) is 9.87. The van der Waals surface area contributed by atoms with Gasteiger partial charge in [0.25, 0.3) is 0 Å². The van der Waals surface area contributed by atoms with E-state index >= 15 is 0 Å². The van der Waals surface area contributed by atoms with Gasteiger partial charge in [-0.25, -0.2) is 9.97 Å². The highest BCUT2D eigenvalue weighted by Crippen LogP contribution is 2.29. The van der Waals surface area contributed by atoms with Gasteiger partial charge in [0.15, 0.2) is 4.34 Å². The Morgan fingerprint density at radius 2 is 2.33 bits per heavy atom. The molecule has 0 fully saturated rings. The second-order valence-corrected chi connectivity index (χ2v) is 4.95. The zero-order chi connectivity index (χ0) is 10.7. The maximum absolute atomic E-state index is 8.92. The van der Waals surface area contributed by atoms with Crippen LogP contribution in [0.5, 0.6) is 0 Å². The van der Waals surface area contributed by atoms with E-state index in [9.17, 15) is 0 Å². The summed E-state index contributed by atoms with van der Waals surface area (Å²) < 4.78 is 0.907. The molecule has 0 N–H and O–H groups in total. The first-order valence-electron chi connectivity index (χ1n) is 4.24. The van der Waals surface area contributed by atoms with Gasteiger partial charge in [0.1, 0.15) is 11.1 Å². The fourth-order valence-corrected chi connectivity index (χ4v) is 2.69. The minimum absolute atomic E-state index is 0.598. The number of pyridine rings is 1. The number of nitrogens with zero attached hydrogens (tertiary/aromatic N) is 3. The molecule has 0 bridgehead atoms. The lowest BCUT2D eigenvalue weighted by Gasteiger charge is -2.00. The molecule has 0 radical (unpaired) electrons. The third kappa shape index (κ3) is 2.35. The van der Waals surface area contributed by atoms with E-state index in [1.807, 2.05) is 18.4 Å². The van der Waals surface area contributed by atoms with Crippen LogP contribution in [0, 0.1) is 18.3 Å². The van der Waals surface area contributed by atoms with Crippen molar-refractivity contribution in [1.29, 1.82) is 5.26 Å². The van der Waals surface area contributed by atoms with Crippen LogP contribution < -0.4 is 0 Å². The highest BCUT2D eigenvalue weighted by Gasteiger charge is 2.07. The number of hydrogen-bond acceptors (Lipinski definition) is 5. The number of rotatable bonds is 2. The summed E-state index contributed by atoms with van der Waals surface area (Å²) in [5.74, 6) is 0. The van der Waals surface area contributed by atoms with Crippen molar-refractivity contribution >= 4 is 23.1 Å². The van der Waals surface area contributed by atoms with Gasteiger partial charge in [0.2, 0.25) is 0 Å². The molecule has 0 saturated carbocycles. The average Bonchev–Trinajstić information content (AvgIpc) is 2.71. The SMILES string of the molecule is Cc1ccc(C#N)c(Sc2nccs2)n1. The summed E-state index contributed by atoms with van der Waals surface area (Å²) in [6, 6.07) is 5.76. The molecule has 0 amide bonds. The molecule has 0 aromatic carbocycles. The highest BCUT2D eigenvalue weighted by atomic mass is 32.2. The predicted octanol–water partition coefficient (Wildman–Crippen LogP) is 2.87. The van der Waals surface area contributed by atoms with Crippen LogP contribution in [-0.4, -0.2) is 9.97 Å². The van der Waals surface area contributed by atoms with Gasteiger partial charge in [0, 0.05) is 17.3 Å². The molecule has 2 aromatic rings. The van der Waals surface area contributed by atoms with Crippen LogP contribution in [0.15, 0.2) is 33.1 Å². The van der Waals surface area contributed by atoms with Crippen molar-refractivity contribution in [2.45, 2.75) is 16.3 Å². The van der Waals surface area contributed by atoms with Crippen LogP contribution in [0.3, 0.4) is 0 Å². The predicted molar refractivity (Wildman–Crippen MR) is 59.9 cm³/mol. The largest absolute Gasteiger partial charge is 0.245 e. The fraction of sp³-hybridized carbons (Fsp3) is 0.100. The molecule has 0 aliphatic heterocycles. The Morgan fingerprint density at radius 3 is 3.00 bits per heavy atom. The van der Waals surface area contributed by atoms with Gasteiger partial charge in [-0.1, -0.05) is 0 Å². The van der Waals surface area contributed by atoms with E-state index in [1.54, 1.807) is 23.6 Å². The van der Waals surface area contributed by atoms with E-state index in [0.29, 0.717) is 5.56 Å². The third-order valence-electron chi connectivity index (χ3n) is 1.71. The molecule has 0 spiro atoms. The summed E-state index contributed by atoms with van der Waals surface area (Å²) in [4.78, 5) is 8.47. The molecule has 2 aromatic heterocycles. The minimum atomic E-state index is 0.598. The number of aryl methyl sites for hydroxylation is 1. The fourth-order valence-electron chi connectivity index (χ4n) is 1.04. The van der Waals surface area contributed by atoms with Gasteiger partial charge < -0.3 is 0 Å². The topological polar surface area (TPSA) is 49.6 Å². The Morgan fingerprint density at radius 1 is 1.47 bits per heavy atom. The number of hydrogen-bond donors (Lipinski definition) is 0. The van der Waals surface area contributed by atoms with Crippen molar-refractivity contribution in [2.75, 3.05) is 0 Å². The van der Waals surface area contributed by atoms with Crippen LogP contribution >= 0.6 is 23.1 Å². The molecule has 5 heteroatoms. The van der Waals surface area contributed by atoms with Crippen molar-refractivity contribution in [3.05, 3.63) is 35.0 Å². The number of nitriles is 1. The molecule has 74 valence electrons. The molecule has 0 aliphatic carbocycles. The molecule has 0 saturated heterocycles. The summed E-state index contributed by atoms with van der Waals surface area (Å²) in [7, 11) is 0. The lowest BCUT2D eigenvalue weighted by atomic mass is 10.3. The Bertz CT molecular complexity index is 500. The molecule has 0 aliphatic rings. The summed E-state index contributed by atoms with van der Waals surface area (Å²) in [6.07, 6.45) is 1.74.